The van der Waals surface area contributed by atoms with Crippen molar-refractivity contribution in [2.75, 3.05) is 0 Å². The molecular weight excluding hydrogens is 316 g/mol. The minimum Gasteiger partial charge on any atom is -0.455 e. The number of rotatable bonds is 3. The molecule has 0 radical (unpaired) electrons. The van der Waals surface area contributed by atoms with Crippen molar-refractivity contribution in [1.29, 1.82) is 0 Å². The predicted octanol–water partition coefficient (Wildman–Crippen LogP) is 7.46. The lowest BCUT2D eigenvalue weighted by Crippen LogP contribution is -1.90. The van der Waals surface area contributed by atoms with Crippen molar-refractivity contribution in [3.63, 3.8) is 0 Å². The Morgan fingerprint density at radius 1 is 0.923 bits per heavy atom. The van der Waals surface area contributed by atoms with E-state index in [2.05, 4.69) is 62.9 Å². The van der Waals surface area contributed by atoms with Crippen LogP contribution in [0.4, 0.5) is 0 Å². The average Bonchev–Trinajstić information content (AvgIpc) is 3.01. The second-order valence-corrected chi connectivity index (χ2v) is 6.79. The molecular formula is C25H22O. The second kappa shape index (κ2) is 6.34. The molecule has 0 saturated carbocycles. The largest absolute Gasteiger partial charge is 0.455 e. The van der Waals surface area contributed by atoms with Crippen molar-refractivity contribution in [2.45, 2.75) is 20.8 Å². The number of benzene rings is 3. The molecule has 0 bridgehead atoms. The number of furan rings is 1. The van der Waals surface area contributed by atoms with Crippen molar-refractivity contribution in [3.8, 4) is 11.1 Å². The fraction of sp³-hybridized carbons (Fsp3) is 0.120. The van der Waals surface area contributed by atoms with Gasteiger partial charge in [-0.05, 0) is 54.7 Å². The summed E-state index contributed by atoms with van der Waals surface area (Å²) in [6, 6.07) is 19.1. The Morgan fingerprint density at radius 2 is 1.73 bits per heavy atom. The Morgan fingerprint density at radius 3 is 2.50 bits per heavy atom. The second-order valence-electron chi connectivity index (χ2n) is 6.79. The number of allylic oxidation sites excluding steroid dienone is 3. The molecule has 4 rings (SSSR count). The fourth-order valence-corrected chi connectivity index (χ4v) is 3.66. The van der Waals surface area contributed by atoms with E-state index in [-0.39, 0.29) is 0 Å². The highest BCUT2D eigenvalue weighted by molar-refractivity contribution is 6.10. The van der Waals surface area contributed by atoms with Crippen molar-refractivity contribution in [2.24, 2.45) is 0 Å². The first-order chi connectivity index (χ1) is 12.6. The summed E-state index contributed by atoms with van der Waals surface area (Å²) in [5.74, 6) is 0. The molecule has 26 heavy (non-hydrogen) atoms. The lowest BCUT2D eigenvalue weighted by Gasteiger charge is -2.12. The van der Waals surface area contributed by atoms with E-state index in [4.69, 9.17) is 4.42 Å². The van der Waals surface area contributed by atoms with Crippen molar-refractivity contribution in [1.82, 2.24) is 0 Å². The van der Waals surface area contributed by atoms with Gasteiger partial charge >= 0.3 is 0 Å². The minimum atomic E-state index is 0.935. The summed E-state index contributed by atoms with van der Waals surface area (Å²) in [6.45, 7) is 10.5. The van der Waals surface area contributed by atoms with Crippen LogP contribution in [0.1, 0.15) is 23.6 Å². The van der Waals surface area contributed by atoms with E-state index in [9.17, 15) is 0 Å². The van der Waals surface area contributed by atoms with E-state index in [0.717, 1.165) is 22.3 Å². The van der Waals surface area contributed by atoms with Crippen LogP contribution in [0.15, 0.2) is 77.7 Å². The number of aryl methyl sites for hydroxylation is 2. The van der Waals surface area contributed by atoms with Crippen LogP contribution in [0, 0.1) is 13.8 Å². The lowest BCUT2D eigenvalue weighted by atomic mass is 9.92. The van der Waals surface area contributed by atoms with Crippen molar-refractivity contribution < 1.29 is 4.42 Å². The Labute approximate surface area is 154 Å². The summed E-state index contributed by atoms with van der Waals surface area (Å²) in [6.07, 6.45) is 4.06. The summed E-state index contributed by atoms with van der Waals surface area (Å²) in [7, 11) is 0. The van der Waals surface area contributed by atoms with E-state index in [1.54, 1.807) is 0 Å². The van der Waals surface area contributed by atoms with Crippen LogP contribution in [0.25, 0.3) is 38.6 Å². The zero-order valence-corrected chi connectivity index (χ0v) is 15.5. The van der Waals surface area contributed by atoms with Crippen LogP contribution < -0.4 is 0 Å². The zero-order chi connectivity index (χ0) is 18.3. The van der Waals surface area contributed by atoms with Gasteiger partial charge in [0.2, 0.25) is 0 Å². The Balaban J connectivity index is 1.97. The van der Waals surface area contributed by atoms with Gasteiger partial charge < -0.3 is 4.42 Å². The Kier molecular flexibility index (Phi) is 4.00. The zero-order valence-electron chi connectivity index (χ0n) is 15.5. The summed E-state index contributed by atoms with van der Waals surface area (Å²) < 4.78 is 6.26. The molecule has 4 aromatic rings. The molecule has 1 heteroatoms. The van der Waals surface area contributed by atoms with Gasteiger partial charge in [-0.2, -0.15) is 0 Å². The monoisotopic (exact) mass is 338 g/mol. The topological polar surface area (TPSA) is 13.1 Å². The van der Waals surface area contributed by atoms with Gasteiger partial charge in [0.05, 0.1) is 0 Å². The van der Waals surface area contributed by atoms with E-state index in [1.165, 1.54) is 33.0 Å². The van der Waals surface area contributed by atoms with Gasteiger partial charge in [-0.3, -0.25) is 0 Å². The third-order valence-electron chi connectivity index (χ3n) is 4.99. The number of fused-ring (bicyclic) bond motifs is 3. The Hall–Kier alpha value is -3.06. The van der Waals surface area contributed by atoms with Gasteiger partial charge in [0.25, 0.3) is 0 Å². The van der Waals surface area contributed by atoms with E-state index in [0.29, 0.717) is 0 Å². The first-order valence-electron chi connectivity index (χ1n) is 8.94. The maximum absolute atomic E-state index is 6.26. The van der Waals surface area contributed by atoms with Crippen LogP contribution in [-0.4, -0.2) is 0 Å². The van der Waals surface area contributed by atoms with Crippen molar-refractivity contribution >= 4 is 27.5 Å². The molecule has 0 amide bonds. The predicted molar refractivity (Wildman–Crippen MR) is 112 cm³/mol. The third kappa shape index (κ3) is 2.57. The van der Waals surface area contributed by atoms with Gasteiger partial charge in [0, 0.05) is 16.3 Å². The molecule has 128 valence electrons. The van der Waals surface area contributed by atoms with Gasteiger partial charge in [0.1, 0.15) is 11.2 Å². The highest BCUT2D eigenvalue weighted by Crippen LogP contribution is 2.39. The minimum absolute atomic E-state index is 0.935. The van der Waals surface area contributed by atoms with Crippen LogP contribution in [0.5, 0.6) is 0 Å². The summed E-state index contributed by atoms with van der Waals surface area (Å²) in [5.41, 5.74) is 8.92. The SMILES string of the molecule is C=C(C=CC)c1ccc(-c2c(C)ccc3c2oc2ccccc23)c(C)c1. The summed E-state index contributed by atoms with van der Waals surface area (Å²) in [5, 5.41) is 2.34. The summed E-state index contributed by atoms with van der Waals surface area (Å²) in [4.78, 5) is 0. The average molecular weight is 338 g/mol. The van der Waals surface area contributed by atoms with Gasteiger partial charge in [-0.25, -0.2) is 0 Å². The first kappa shape index (κ1) is 16.4. The molecule has 0 N–H and O–H groups in total. The highest BCUT2D eigenvalue weighted by Gasteiger charge is 2.16. The van der Waals surface area contributed by atoms with Crippen molar-refractivity contribution in [3.05, 3.63) is 90.0 Å². The molecule has 0 fully saturated rings. The quantitative estimate of drug-likeness (QED) is 0.353. The highest BCUT2D eigenvalue weighted by atomic mass is 16.3. The van der Waals surface area contributed by atoms with E-state index in [1.807, 2.05) is 31.2 Å². The standard InChI is InChI=1S/C25H22O/c1-5-8-16(2)19-12-14-20(18(4)15-19)24-17(3)11-13-22-21-9-6-7-10-23(21)26-25(22)24/h5-15H,2H2,1,3-4H3. The van der Waals surface area contributed by atoms with Crippen LogP contribution in [0.3, 0.4) is 0 Å². The van der Waals surface area contributed by atoms with E-state index < -0.39 is 0 Å². The molecule has 0 saturated heterocycles. The van der Waals surface area contributed by atoms with Gasteiger partial charge in [0.15, 0.2) is 0 Å². The lowest BCUT2D eigenvalue weighted by molar-refractivity contribution is 0.669. The molecule has 0 aliphatic heterocycles. The molecule has 0 aliphatic rings. The third-order valence-corrected chi connectivity index (χ3v) is 4.99. The molecule has 0 aliphatic carbocycles. The smallest absolute Gasteiger partial charge is 0.143 e. The van der Waals surface area contributed by atoms with Gasteiger partial charge in [-0.1, -0.05) is 67.3 Å². The molecule has 1 heterocycles. The summed E-state index contributed by atoms with van der Waals surface area (Å²) >= 11 is 0. The molecule has 1 aromatic heterocycles. The van der Waals surface area contributed by atoms with Crippen LogP contribution >= 0.6 is 0 Å². The molecule has 0 unspecified atom stereocenters. The van der Waals surface area contributed by atoms with Crippen LogP contribution in [0.2, 0.25) is 0 Å². The van der Waals surface area contributed by atoms with E-state index >= 15 is 0 Å². The Bertz CT molecular complexity index is 1170. The maximum Gasteiger partial charge on any atom is 0.143 e. The molecule has 0 atom stereocenters. The molecule has 3 aromatic carbocycles. The first-order valence-corrected chi connectivity index (χ1v) is 8.94. The molecule has 0 spiro atoms. The van der Waals surface area contributed by atoms with Gasteiger partial charge in [-0.15, -0.1) is 0 Å². The normalized spacial score (nSPS) is 11.7. The number of hydrogen-bond donors (Lipinski definition) is 0. The maximum atomic E-state index is 6.26. The molecule has 1 nitrogen and oxygen atoms in total. The number of para-hydroxylation sites is 1. The number of hydrogen-bond acceptors (Lipinski definition) is 1. The fourth-order valence-electron chi connectivity index (χ4n) is 3.66. The van der Waals surface area contributed by atoms with Crippen LogP contribution in [-0.2, 0) is 0 Å².